The Morgan fingerprint density at radius 2 is 1.82 bits per heavy atom. The minimum absolute atomic E-state index is 0.113. The summed E-state index contributed by atoms with van der Waals surface area (Å²) in [5.74, 6) is 1.45. The van der Waals surface area contributed by atoms with Gasteiger partial charge in [0, 0.05) is 22.0 Å². The molecule has 0 fully saturated rings. The number of rotatable bonds is 8. The second-order valence-electron chi connectivity index (χ2n) is 7.24. The highest BCUT2D eigenvalue weighted by Crippen LogP contribution is 2.30. The van der Waals surface area contributed by atoms with Gasteiger partial charge in [-0.2, -0.15) is 0 Å². The summed E-state index contributed by atoms with van der Waals surface area (Å²) in [6.45, 7) is 2.10. The van der Waals surface area contributed by atoms with Crippen molar-refractivity contribution in [2.75, 3.05) is 18.2 Å². The van der Waals surface area contributed by atoms with E-state index < -0.39 is 0 Å². The van der Waals surface area contributed by atoms with Crippen LogP contribution in [0.25, 0.3) is 17.1 Å². The maximum Gasteiger partial charge on any atom is 0.234 e. The van der Waals surface area contributed by atoms with E-state index in [0.717, 1.165) is 29.1 Å². The average molecular weight is 479 g/mol. The quantitative estimate of drug-likeness (QED) is 0.320. The fraction of sp³-hybridized carbons (Fsp3) is 0.160. The Bertz CT molecular complexity index is 1240. The van der Waals surface area contributed by atoms with Gasteiger partial charge in [-0.1, -0.05) is 54.6 Å². The Morgan fingerprint density at radius 3 is 2.52 bits per heavy atom. The SMILES string of the molecule is CCc1ccc(NC(=O)CSc2nnc(-c3cccc(OC)c3)n2-c2ccc(Cl)cc2)cc1. The summed E-state index contributed by atoms with van der Waals surface area (Å²) in [5, 5.41) is 13.0. The van der Waals surface area contributed by atoms with Gasteiger partial charge in [-0.25, -0.2) is 0 Å². The van der Waals surface area contributed by atoms with E-state index in [1.165, 1.54) is 17.3 Å². The zero-order valence-corrected chi connectivity index (χ0v) is 19.9. The molecular formula is C25H23ClN4O2S. The number of carbonyl (C=O) groups excluding carboxylic acids is 1. The van der Waals surface area contributed by atoms with Crippen molar-refractivity contribution in [1.29, 1.82) is 0 Å². The molecule has 0 saturated carbocycles. The van der Waals surface area contributed by atoms with Crippen molar-refractivity contribution >= 4 is 35.0 Å². The number of anilines is 1. The molecule has 4 rings (SSSR count). The summed E-state index contributed by atoms with van der Waals surface area (Å²) in [4.78, 5) is 12.6. The fourth-order valence-corrected chi connectivity index (χ4v) is 4.16. The number of methoxy groups -OCH3 is 1. The van der Waals surface area contributed by atoms with Gasteiger partial charge in [0.1, 0.15) is 5.75 Å². The summed E-state index contributed by atoms with van der Waals surface area (Å²) < 4.78 is 7.28. The molecule has 8 heteroatoms. The van der Waals surface area contributed by atoms with Gasteiger partial charge in [-0.15, -0.1) is 10.2 Å². The van der Waals surface area contributed by atoms with E-state index in [0.29, 0.717) is 16.0 Å². The second kappa shape index (κ2) is 10.6. The largest absolute Gasteiger partial charge is 0.497 e. The first-order valence-electron chi connectivity index (χ1n) is 10.4. The number of halogens is 1. The number of thioether (sulfide) groups is 1. The lowest BCUT2D eigenvalue weighted by molar-refractivity contribution is -0.113. The molecule has 0 atom stereocenters. The molecule has 1 amide bonds. The molecule has 168 valence electrons. The van der Waals surface area contributed by atoms with Gasteiger partial charge >= 0.3 is 0 Å². The normalized spacial score (nSPS) is 10.8. The zero-order chi connectivity index (χ0) is 23.2. The van der Waals surface area contributed by atoms with Crippen LogP contribution in [0, 0.1) is 0 Å². The number of nitrogens with zero attached hydrogens (tertiary/aromatic N) is 3. The molecule has 0 radical (unpaired) electrons. The standard InChI is InChI=1S/C25H23ClN4O2S/c1-3-17-7-11-20(12-8-17)27-23(31)16-33-25-29-28-24(18-5-4-6-22(15-18)32-2)30(25)21-13-9-19(26)10-14-21/h4-15H,3,16H2,1-2H3,(H,27,31). The number of amides is 1. The van der Waals surface area contributed by atoms with Crippen LogP contribution in [0.3, 0.4) is 0 Å². The highest BCUT2D eigenvalue weighted by atomic mass is 35.5. The van der Waals surface area contributed by atoms with Crippen molar-refractivity contribution in [2.24, 2.45) is 0 Å². The van der Waals surface area contributed by atoms with Crippen LogP contribution in [0.5, 0.6) is 5.75 Å². The Hall–Kier alpha value is -3.29. The van der Waals surface area contributed by atoms with E-state index >= 15 is 0 Å². The minimum Gasteiger partial charge on any atom is -0.497 e. The van der Waals surface area contributed by atoms with Crippen LogP contribution in [-0.4, -0.2) is 33.5 Å². The van der Waals surface area contributed by atoms with E-state index in [2.05, 4.69) is 22.4 Å². The monoisotopic (exact) mass is 478 g/mol. The Labute approximate surface area is 202 Å². The lowest BCUT2D eigenvalue weighted by Gasteiger charge is -2.11. The van der Waals surface area contributed by atoms with Gasteiger partial charge in [-0.3, -0.25) is 9.36 Å². The molecule has 3 aromatic carbocycles. The number of ether oxygens (including phenoxy) is 1. The Balaban J connectivity index is 1.58. The molecule has 0 aliphatic rings. The molecule has 33 heavy (non-hydrogen) atoms. The number of hydrogen-bond donors (Lipinski definition) is 1. The third-order valence-electron chi connectivity index (χ3n) is 5.02. The smallest absolute Gasteiger partial charge is 0.234 e. The van der Waals surface area contributed by atoms with Crippen molar-refractivity contribution in [1.82, 2.24) is 14.8 Å². The predicted molar refractivity (Wildman–Crippen MR) is 134 cm³/mol. The third kappa shape index (κ3) is 5.56. The van der Waals surface area contributed by atoms with Crippen LogP contribution in [-0.2, 0) is 11.2 Å². The predicted octanol–water partition coefficient (Wildman–Crippen LogP) is 5.89. The summed E-state index contributed by atoms with van der Waals surface area (Å²) >= 11 is 7.41. The van der Waals surface area contributed by atoms with Crippen LogP contribution in [0.15, 0.2) is 78.0 Å². The van der Waals surface area contributed by atoms with Gasteiger partial charge in [-0.05, 0) is 60.5 Å². The number of hydrogen-bond acceptors (Lipinski definition) is 5. The van der Waals surface area contributed by atoms with Crippen molar-refractivity contribution in [3.05, 3.63) is 83.4 Å². The maximum atomic E-state index is 12.6. The number of aromatic nitrogens is 3. The van der Waals surface area contributed by atoms with E-state index in [4.69, 9.17) is 16.3 Å². The van der Waals surface area contributed by atoms with Crippen LogP contribution >= 0.6 is 23.4 Å². The van der Waals surface area contributed by atoms with E-state index in [-0.39, 0.29) is 11.7 Å². The molecule has 1 aromatic heterocycles. The third-order valence-corrected chi connectivity index (χ3v) is 6.21. The van der Waals surface area contributed by atoms with Crippen LogP contribution in [0.4, 0.5) is 5.69 Å². The van der Waals surface area contributed by atoms with Crippen molar-refractivity contribution < 1.29 is 9.53 Å². The number of benzene rings is 3. The first-order chi connectivity index (χ1) is 16.1. The lowest BCUT2D eigenvalue weighted by Crippen LogP contribution is -2.14. The number of aryl methyl sites for hydroxylation is 1. The lowest BCUT2D eigenvalue weighted by atomic mass is 10.1. The number of carbonyl (C=O) groups is 1. The average Bonchev–Trinajstić information content (AvgIpc) is 3.28. The second-order valence-corrected chi connectivity index (χ2v) is 8.62. The molecule has 6 nitrogen and oxygen atoms in total. The molecule has 0 aliphatic heterocycles. The Kier molecular flexibility index (Phi) is 7.32. The van der Waals surface area contributed by atoms with Crippen LogP contribution in [0.2, 0.25) is 5.02 Å². The first-order valence-corrected chi connectivity index (χ1v) is 11.8. The van der Waals surface area contributed by atoms with Crippen molar-refractivity contribution in [2.45, 2.75) is 18.5 Å². The topological polar surface area (TPSA) is 69.0 Å². The fourth-order valence-electron chi connectivity index (χ4n) is 3.29. The van der Waals surface area contributed by atoms with Gasteiger partial charge in [0.05, 0.1) is 12.9 Å². The highest BCUT2D eigenvalue weighted by molar-refractivity contribution is 7.99. The van der Waals surface area contributed by atoms with Gasteiger partial charge in [0.15, 0.2) is 11.0 Å². The number of nitrogens with one attached hydrogen (secondary N) is 1. The first kappa shape index (κ1) is 22.9. The molecule has 1 heterocycles. The summed E-state index contributed by atoms with van der Waals surface area (Å²) in [5.41, 5.74) is 3.70. The van der Waals surface area contributed by atoms with Crippen molar-refractivity contribution in [3.63, 3.8) is 0 Å². The van der Waals surface area contributed by atoms with E-state index in [1.54, 1.807) is 7.11 Å². The molecule has 0 saturated heterocycles. The van der Waals surface area contributed by atoms with Gasteiger partial charge in [0.2, 0.25) is 5.91 Å². The van der Waals surface area contributed by atoms with Crippen LogP contribution in [0.1, 0.15) is 12.5 Å². The molecule has 0 aliphatic carbocycles. The summed E-state index contributed by atoms with van der Waals surface area (Å²) in [6, 6.07) is 22.9. The Morgan fingerprint density at radius 1 is 1.06 bits per heavy atom. The minimum atomic E-state index is -0.113. The van der Waals surface area contributed by atoms with E-state index in [9.17, 15) is 4.79 Å². The molecule has 4 aromatic rings. The molecule has 0 spiro atoms. The maximum absolute atomic E-state index is 12.6. The van der Waals surface area contributed by atoms with E-state index in [1.807, 2.05) is 77.4 Å². The molecule has 0 unspecified atom stereocenters. The highest BCUT2D eigenvalue weighted by Gasteiger charge is 2.18. The van der Waals surface area contributed by atoms with Crippen molar-refractivity contribution in [3.8, 4) is 22.8 Å². The zero-order valence-electron chi connectivity index (χ0n) is 18.3. The van der Waals surface area contributed by atoms with Crippen LogP contribution < -0.4 is 10.1 Å². The molecular weight excluding hydrogens is 456 g/mol. The summed E-state index contributed by atoms with van der Waals surface area (Å²) in [7, 11) is 1.62. The summed E-state index contributed by atoms with van der Waals surface area (Å²) in [6.07, 6.45) is 0.958. The van der Waals surface area contributed by atoms with Gasteiger partial charge in [0.25, 0.3) is 0 Å². The van der Waals surface area contributed by atoms with Gasteiger partial charge < -0.3 is 10.1 Å². The molecule has 0 bridgehead atoms. The molecule has 1 N–H and O–H groups in total.